The smallest absolute Gasteiger partial charge is 0.223 e. The van der Waals surface area contributed by atoms with Crippen LogP contribution in [0.4, 0.5) is 0 Å². The van der Waals surface area contributed by atoms with Gasteiger partial charge in [-0.05, 0) is 30.9 Å². The number of aromatic nitrogens is 2. The van der Waals surface area contributed by atoms with Crippen molar-refractivity contribution in [2.75, 3.05) is 19.7 Å². The summed E-state index contributed by atoms with van der Waals surface area (Å²) in [6, 6.07) is 7.84. The number of aromatic amines is 1. The molecule has 0 bridgehead atoms. The molecule has 1 aromatic carbocycles. The van der Waals surface area contributed by atoms with E-state index in [0.717, 1.165) is 29.7 Å². The van der Waals surface area contributed by atoms with Crippen LogP contribution in [-0.4, -0.2) is 56.8 Å². The van der Waals surface area contributed by atoms with E-state index in [1.54, 1.807) is 0 Å². The van der Waals surface area contributed by atoms with Crippen LogP contribution < -0.4 is 0 Å². The molecule has 0 radical (unpaired) electrons. The highest BCUT2D eigenvalue weighted by Gasteiger charge is 2.26. The van der Waals surface area contributed by atoms with Gasteiger partial charge >= 0.3 is 0 Å². The maximum absolute atomic E-state index is 12.3. The van der Waals surface area contributed by atoms with E-state index in [1.807, 2.05) is 29.2 Å². The standard InChI is InChI=1S/C17H23N3O3/c21-11-15(22)12-7-9-20(10-8-12)17(23)6-5-16-18-13-3-1-2-4-14(13)19-16/h1-4,12,15,21-22H,5-11H2,(H,18,19). The third-order valence-electron chi connectivity index (χ3n) is 4.64. The third kappa shape index (κ3) is 3.71. The van der Waals surface area contributed by atoms with Gasteiger partial charge in [0, 0.05) is 25.9 Å². The molecule has 2 aromatic rings. The highest BCUT2D eigenvalue weighted by molar-refractivity contribution is 5.77. The molecule has 0 spiro atoms. The monoisotopic (exact) mass is 317 g/mol. The first-order valence-electron chi connectivity index (χ1n) is 8.17. The van der Waals surface area contributed by atoms with Gasteiger partial charge in [0.05, 0.1) is 23.7 Å². The minimum atomic E-state index is -0.664. The van der Waals surface area contributed by atoms with Gasteiger partial charge < -0.3 is 20.1 Å². The molecule has 1 unspecified atom stereocenters. The topological polar surface area (TPSA) is 89.5 Å². The quantitative estimate of drug-likeness (QED) is 0.770. The van der Waals surface area contributed by atoms with Gasteiger partial charge in [0.25, 0.3) is 0 Å². The number of para-hydroxylation sites is 2. The molecule has 1 saturated heterocycles. The van der Waals surface area contributed by atoms with Gasteiger partial charge in [0.2, 0.25) is 5.91 Å². The minimum Gasteiger partial charge on any atom is -0.394 e. The van der Waals surface area contributed by atoms with Gasteiger partial charge in [0.1, 0.15) is 5.82 Å². The van der Waals surface area contributed by atoms with Crippen LogP contribution in [0.15, 0.2) is 24.3 Å². The van der Waals surface area contributed by atoms with Crippen LogP contribution in [0, 0.1) is 5.92 Å². The number of rotatable bonds is 5. The molecular formula is C17H23N3O3. The second kappa shape index (κ2) is 7.10. The molecular weight excluding hydrogens is 294 g/mol. The van der Waals surface area contributed by atoms with E-state index >= 15 is 0 Å². The van der Waals surface area contributed by atoms with Gasteiger partial charge in [0.15, 0.2) is 0 Å². The Bertz CT molecular complexity index is 629. The fourth-order valence-electron chi connectivity index (χ4n) is 3.19. The Morgan fingerprint density at radius 2 is 2.09 bits per heavy atom. The van der Waals surface area contributed by atoms with Gasteiger partial charge in [-0.25, -0.2) is 4.98 Å². The predicted molar refractivity (Wildman–Crippen MR) is 86.8 cm³/mol. The van der Waals surface area contributed by atoms with E-state index in [4.69, 9.17) is 5.11 Å². The number of piperidine rings is 1. The number of amides is 1. The number of fused-ring (bicyclic) bond motifs is 1. The van der Waals surface area contributed by atoms with Crippen LogP contribution in [0.5, 0.6) is 0 Å². The minimum absolute atomic E-state index is 0.0967. The molecule has 1 atom stereocenters. The molecule has 1 amide bonds. The van der Waals surface area contributed by atoms with Crippen molar-refractivity contribution >= 4 is 16.9 Å². The van der Waals surface area contributed by atoms with Crippen molar-refractivity contribution in [3.05, 3.63) is 30.1 Å². The number of nitrogens with one attached hydrogen (secondary N) is 1. The molecule has 6 heteroatoms. The number of aliphatic hydroxyl groups is 2. The van der Waals surface area contributed by atoms with Crippen LogP contribution in [0.1, 0.15) is 25.1 Å². The molecule has 23 heavy (non-hydrogen) atoms. The van der Waals surface area contributed by atoms with E-state index in [-0.39, 0.29) is 18.4 Å². The SMILES string of the molecule is O=C(CCc1nc2ccccc2[nH]1)N1CCC(C(O)CO)CC1. The number of hydrogen-bond donors (Lipinski definition) is 3. The van der Waals surface area contributed by atoms with E-state index < -0.39 is 6.10 Å². The van der Waals surface area contributed by atoms with E-state index in [2.05, 4.69) is 9.97 Å². The second-order valence-corrected chi connectivity index (χ2v) is 6.17. The Morgan fingerprint density at radius 3 is 2.78 bits per heavy atom. The van der Waals surface area contributed by atoms with Crippen LogP contribution in [0.25, 0.3) is 11.0 Å². The van der Waals surface area contributed by atoms with Gasteiger partial charge in [-0.1, -0.05) is 12.1 Å². The number of nitrogens with zero attached hydrogens (tertiary/aromatic N) is 2. The summed E-state index contributed by atoms with van der Waals surface area (Å²) in [4.78, 5) is 21.9. The Morgan fingerprint density at radius 1 is 1.35 bits per heavy atom. The molecule has 1 aliphatic rings. The molecule has 1 aliphatic heterocycles. The number of hydrogen-bond acceptors (Lipinski definition) is 4. The number of aliphatic hydroxyl groups excluding tert-OH is 2. The number of likely N-dealkylation sites (tertiary alicyclic amines) is 1. The van der Waals surface area contributed by atoms with Crippen molar-refractivity contribution in [3.63, 3.8) is 0 Å². The van der Waals surface area contributed by atoms with E-state index in [1.165, 1.54) is 0 Å². The van der Waals surface area contributed by atoms with Crippen LogP contribution in [0.2, 0.25) is 0 Å². The average molecular weight is 317 g/mol. The molecule has 1 aromatic heterocycles. The summed E-state index contributed by atoms with van der Waals surface area (Å²) < 4.78 is 0. The lowest BCUT2D eigenvalue weighted by atomic mass is 9.91. The Kier molecular flexibility index (Phi) is 4.93. The summed E-state index contributed by atoms with van der Waals surface area (Å²) in [5.74, 6) is 1.06. The number of benzene rings is 1. The zero-order valence-corrected chi connectivity index (χ0v) is 13.1. The first kappa shape index (κ1) is 16.0. The zero-order valence-electron chi connectivity index (χ0n) is 13.1. The third-order valence-corrected chi connectivity index (χ3v) is 4.64. The van der Waals surface area contributed by atoms with Gasteiger partial charge in [-0.15, -0.1) is 0 Å². The normalized spacial score (nSPS) is 17.6. The number of aryl methyl sites for hydroxylation is 1. The molecule has 2 heterocycles. The number of carbonyl (C=O) groups excluding carboxylic acids is 1. The number of imidazole rings is 1. The lowest BCUT2D eigenvalue weighted by Gasteiger charge is -2.33. The summed E-state index contributed by atoms with van der Waals surface area (Å²) in [5, 5.41) is 18.7. The van der Waals surface area contributed by atoms with Crippen molar-refractivity contribution in [2.45, 2.75) is 31.8 Å². The number of H-pyrrole nitrogens is 1. The maximum Gasteiger partial charge on any atom is 0.223 e. The summed E-state index contributed by atoms with van der Waals surface area (Å²) in [5.41, 5.74) is 1.92. The van der Waals surface area contributed by atoms with E-state index in [0.29, 0.717) is 25.9 Å². The fraction of sp³-hybridized carbons (Fsp3) is 0.529. The first-order valence-corrected chi connectivity index (χ1v) is 8.17. The maximum atomic E-state index is 12.3. The van der Waals surface area contributed by atoms with Crippen molar-refractivity contribution in [3.8, 4) is 0 Å². The highest BCUT2D eigenvalue weighted by atomic mass is 16.3. The lowest BCUT2D eigenvalue weighted by Crippen LogP contribution is -2.42. The summed E-state index contributed by atoms with van der Waals surface area (Å²) in [6.45, 7) is 1.10. The van der Waals surface area contributed by atoms with Crippen LogP contribution in [0.3, 0.4) is 0 Å². The lowest BCUT2D eigenvalue weighted by molar-refractivity contribution is -0.133. The Labute approximate surface area is 135 Å². The van der Waals surface area contributed by atoms with Crippen molar-refractivity contribution in [1.29, 1.82) is 0 Å². The molecule has 0 saturated carbocycles. The van der Waals surface area contributed by atoms with Crippen LogP contribution in [-0.2, 0) is 11.2 Å². The molecule has 6 nitrogen and oxygen atoms in total. The second-order valence-electron chi connectivity index (χ2n) is 6.17. The number of carbonyl (C=O) groups is 1. The largest absolute Gasteiger partial charge is 0.394 e. The molecule has 124 valence electrons. The predicted octanol–water partition coefficient (Wildman–Crippen LogP) is 1.09. The summed E-state index contributed by atoms with van der Waals surface area (Å²) in [6.07, 6.45) is 1.87. The zero-order chi connectivity index (χ0) is 16.2. The average Bonchev–Trinajstić information content (AvgIpc) is 3.02. The molecule has 3 rings (SSSR count). The van der Waals surface area contributed by atoms with Gasteiger partial charge in [-0.3, -0.25) is 4.79 Å². The van der Waals surface area contributed by atoms with Gasteiger partial charge in [-0.2, -0.15) is 0 Å². The fourth-order valence-corrected chi connectivity index (χ4v) is 3.19. The van der Waals surface area contributed by atoms with Crippen LogP contribution >= 0.6 is 0 Å². The first-order chi connectivity index (χ1) is 11.2. The highest BCUT2D eigenvalue weighted by Crippen LogP contribution is 2.21. The Balaban J connectivity index is 1.50. The molecule has 1 fully saturated rings. The summed E-state index contributed by atoms with van der Waals surface area (Å²) >= 11 is 0. The van der Waals surface area contributed by atoms with Crippen molar-refractivity contribution < 1.29 is 15.0 Å². The van der Waals surface area contributed by atoms with Crippen molar-refractivity contribution in [1.82, 2.24) is 14.9 Å². The summed E-state index contributed by atoms with van der Waals surface area (Å²) in [7, 11) is 0. The molecule has 3 N–H and O–H groups in total. The van der Waals surface area contributed by atoms with E-state index in [9.17, 15) is 9.90 Å². The Hall–Kier alpha value is -1.92. The van der Waals surface area contributed by atoms with Crippen molar-refractivity contribution in [2.24, 2.45) is 5.92 Å². The molecule has 0 aliphatic carbocycles.